The number of rotatable bonds is 3. The van der Waals surface area contributed by atoms with Crippen molar-refractivity contribution in [2.45, 2.75) is 24.9 Å². The van der Waals surface area contributed by atoms with Crippen molar-refractivity contribution in [1.29, 1.82) is 0 Å². The van der Waals surface area contributed by atoms with Crippen molar-refractivity contribution in [2.75, 3.05) is 37.7 Å². The molecule has 0 spiro atoms. The summed E-state index contributed by atoms with van der Waals surface area (Å²) in [5, 5.41) is 6.24. The third-order valence-corrected chi connectivity index (χ3v) is 4.18. The van der Waals surface area contributed by atoms with Gasteiger partial charge in [0.05, 0.1) is 13.2 Å². The third-order valence-electron chi connectivity index (χ3n) is 4.18. The lowest BCUT2D eigenvalue weighted by molar-refractivity contribution is -0.126. The fraction of sp³-hybridized carbons (Fsp3) is 0.562. The monoisotopic (exact) mass is 307 g/mol. The van der Waals surface area contributed by atoms with Gasteiger partial charge in [0, 0.05) is 31.4 Å². The Balaban J connectivity index is 1.57. The molecule has 2 heterocycles. The molecule has 3 rings (SSSR count). The van der Waals surface area contributed by atoms with Crippen LogP contribution in [0.25, 0.3) is 0 Å². The molecule has 1 amide bonds. The van der Waals surface area contributed by atoms with Gasteiger partial charge in [-0.3, -0.25) is 4.79 Å². The zero-order chi connectivity index (χ0) is 15.4. The zero-order valence-corrected chi connectivity index (χ0v) is 12.6. The number of benzene rings is 1. The molecule has 22 heavy (non-hydrogen) atoms. The van der Waals surface area contributed by atoms with E-state index in [0.717, 1.165) is 25.1 Å². The Labute approximate surface area is 129 Å². The highest BCUT2D eigenvalue weighted by Crippen LogP contribution is 2.20. The van der Waals surface area contributed by atoms with Gasteiger partial charge in [0.2, 0.25) is 5.91 Å². The van der Waals surface area contributed by atoms with Gasteiger partial charge in [-0.05, 0) is 31.0 Å². The lowest BCUT2D eigenvalue weighted by Crippen LogP contribution is -2.56. The van der Waals surface area contributed by atoms with Crippen molar-refractivity contribution in [2.24, 2.45) is 0 Å². The van der Waals surface area contributed by atoms with Crippen LogP contribution in [0, 0.1) is 5.82 Å². The Morgan fingerprint density at radius 3 is 3.14 bits per heavy atom. The van der Waals surface area contributed by atoms with Gasteiger partial charge >= 0.3 is 0 Å². The number of piperidine rings is 1. The Morgan fingerprint density at radius 1 is 1.45 bits per heavy atom. The van der Waals surface area contributed by atoms with Crippen LogP contribution in [0.15, 0.2) is 24.3 Å². The molecular formula is C16H22FN3O2. The zero-order valence-electron chi connectivity index (χ0n) is 12.6. The van der Waals surface area contributed by atoms with Crippen LogP contribution in [0.2, 0.25) is 0 Å². The van der Waals surface area contributed by atoms with Crippen molar-refractivity contribution in [3.63, 3.8) is 0 Å². The smallest absolute Gasteiger partial charge is 0.239 e. The molecule has 2 fully saturated rings. The molecule has 0 saturated carbocycles. The summed E-state index contributed by atoms with van der Waals surface area (Å²) < 4.78 is 18.7. The van der Waals surface area contributed by atoms with Crippen LogP contribution in [0.3, 0.4) is 0 Å². The fourth-order valence-corrected chi connectivity index (χ4v) is 3.04. The number of amides is 1. The van der Waals surface area contributed by atoms with Gasteiger partial charge in [0.25, 0.3) is 0 Å². The van der Waals surface area contributed by atoms with E-state index in [4.69, 9.17) is 4.74 Å². The summed E-state index contributed by atoms with van der Waals surface area (Å²) in [6.45, 7) is 3.38. The number of morpholine rings is 1. The SMILES string of the molecule is O=C(NC1CCCN(c2cccc(F)c2)C1)C1COCCN1. The number of ether oxygens (including phenoxy) is 1. The molecule has 5 nitrogen and oxygen atoms in total. The van der Waals surface area contributed by atoms with E-state index >= 15 is 0 Å². The van der Waals surface area contributed by atoms with Gasteiger partial charge in [-0.2, -0.15) is 0 Å². The minimum absolute atomic E-state index is 0.00853. The van der Waals surface area contributed by atoms with E-state index < -0.39 is 0 Å². The van der Waals surface area contributed by atoms with Crippen molar-refractivity contribution in [3.8, 4) is 0 Å². The summed E-state index contributed by atoms with van der Waals surface area (Å²) in [4.78, 5) is 14.4. The molecule has 2 aliphatic rings. The van der Waals surface area contributed by atoms with Gasteiger partial charge in [0.15, 0.2) is 0 Å². The summed E-state index contributed by atoms with van der Waals surface area (Å²) >= 11 is 0. The van der Waals surface area contributed by atoms with Gasteiger partial charge in [-0.25, -0.2) is 4.39 Å². The molecule has 0 aromatic heterocycles. The lowest BCUT2D eigenvalue weighted by Gasteiger charge is -2.35. The first-order valence-electron chi connectivity index (χ1n) is 7.84. The topological polar surface area (TPSA) is 53.6 Å². The number of halogens is 1. The maximum Gasteiger partial charge on any atom is 0.239 e. The molecular weight excluding hydrogens is 285 g/mol. The van der Waals surface area contributed by atoms with E-state index in [2.05, 4.69) is 15.5 Å². The molecule has 2 aliphatic heterocycles. The van der Waals surface area contributed by atoms with Gasteiger partial charge < -0.3 is 20.3 Å². The minimum atomic E-state index is -0.265. The number of nitrogens with zero attached hydrogens (tertiary/aromatic N) is 1. The van der Waals surface area contributed by atoms with Crippen molar-refractivity contribution >= 4 is 11.6 Å². The highest BCUT2D eigenvalue weighted by molar-refractivity contribution is 5.82. The Morgan fingerprint density at radius 2 is 2.36 bits per heavy atom. The molecule has 0 radical (unpaired) electrons. The minimum Gasteiger partial charge on any atom is -0.378 e. The van der Waals surface area contributed by atoms with Crippen LogP contribution < -0.4 is 15.5 Å². The number of hydrogen-bond acceptors (Lipinski definition) is 4. The van der Waals surface area contributed by atoms with Crippen molar-refractivity contribution < 1.29 is 13.9 Å². The Bertz CT molecular complexity index is 520. The van der Waals surface area contributed by atoms with Crippen molar-refractivity contribution in [3.05, 3.63) is 30.1 Å². The maximum absolute atomic E-state index is 13.4. The number of carbonyl (C=O) groups excluding carboxylic acids is 1. The van der Waals surface area contributed by atoms with E-state index in [1.165, 1.54) is 6.07 Å². The first kappa shape index (κ1) is 15.2. The summed E-state index contributed by atoms with van der Waals surface area (Å²) in [7, 11) is 0. The predicted molar refractivity (Wildman–Crippen MR) is 82.4 cm³/mol. The number of nitrogens with one attached hydrogen (secondary N) is 2. The normalized spacial score (nSPS) is 25.8. The molecule has 1 aromatic rings. The average molecular weight is 307 g/mol. The molecule has 2 N–H and O–H groups in total. The summed E-state index contributed by atoms with van der Waals surface area (Å²) in [5.74, 6) is -0.238. The molecule has 2 atom stereocenters. The van der Waals surface area contributed by atoms with Crippen LogP contribution in [0.4, 0.5) is 10.1 Å². The molecule has 120 valence electrons. The maximum atomic E-state index is 13.4. The molecule has 0 bridgehead atoms. The summed E-state index contributed by atoms with van der Waals surface area (Å²) in [6.07, 6.45) is 1.93. The second kappa shape index (κ2) is 7.07. The Kier molecular flexibility index (Phi) is 4.90. The van der Waals surface area contributed by atoms with E-state index in [1.54, 1.807) is 12.1 Å². The highest BCUT2D eigenvalue weighted by Gasteiger charge is 2.26. The average Bonchev–Trinajstić information content (AvgIpc) is 2.56. The second-order valence-electron chi connectivity index (χ2n) is 5.86. The standard InChI is InChI=1S/C16H22FN3O2/c17-12-3-1-5-14(9-12)20-7-2-4-13(10-20)19-16(21)15-11-22-8-6-18-15/h1,3,5,9,13,15,18H,2,4,6-8,10-11H2,(H,19,21). The molecule has 2 unspecified atom stereocenters. The number of carbonyl (C=O) groups is 1. The summed E-state index contributed by atoms with van der Waals surface area (Å²) in [5.41, 5.74) is 0.873. The van der Waals surface area contributed by atoms with Crippen LogP contribution in [-0.4, -0.2) is 50.8 Å². The largest absolute Gasteiger partial charge is 0.378 e. The lowest BCUT2D eigenvalue weighted by atomic mass is 10.0. The fourth-order valence-electron chi connectivity index (χ4n) is 3.04. The quantitative estimate of drug-likeness (QED) is 0.871. The van der Waals surface area contributed by atoms with E-state index in [0.29, 0.717) is 26.3 Å². The predicted octanol–water partition coefficient (Wildman–Crippen LogP) is 0.899. The molecule has 6 heteroatoms. The highest BCUT2D eigenvalue weighted by atomic mass is 19.1. The van der Waals surface area contributed by atoms with Crippen LogP contribution in [0.1, 0.15) is 12.8 Å². The summed E-state index contributed by atoms with van der Waals surface area (Å²) in [6, 6.07) is 6.44. The van der Waals surface area contributed by atoms with E-state index in [1.807, 2.05) is 6.07 Å². The van der Waals surface area contributed by atoms with Crippen LogP contribution >= 0.6 is 0 Å². The van der Waals surface area contributed by atoms with Crippen LogP contribution in [0.5, 0.6) is 0 Å². The first-order valence-corrected chi connectivity index (χ1v) is 7.84. The van der Waals surface area contributed by atoms with Gasteiger partial charge in [-0.1, -0.05) is 6.07 Å². The van der Waals surface area contributed by atoms with E-state index in [9.17, 15) is 9.18 Å². The third kappa shape index (κ3) is 3.75. The first-order chi connectivity index (χ1) is 10.7. The second-order valence-corrected chi connectivity index (χ2v) is 5.86. The van der Waals surface area contributed by atoms with E-state index in [-0.39, 0.29) is 23.8 Å². The van der Waals surface area contributed by atoms with Crippen LogP contribution in [-0.2, 0) is 9.53 Å². The molecule has 2 saturated heterocycles. The van der Waals surface area contributed by atoms with Gasteiger partial charge in [0.1, 0.15) is 11.9 Å². The number of anilines is 1. The van der Waals surface area contributed by atoms with Crippen molar-refractivity contribution in [1.82, 2.24) is 10.6 Å². The van der Waals surface area contributed by atoms with Gasteiger partial charge in [-0.15, -0.1) is 0 Å². The number of hydrogen-bond donors (Lipinski definition) is 2. The molecule has 1 aromatic carbocycles. The molecule has 0 aliphatic carbocycles. The Hall–Kier alpha value is -1.66.